The van der Waals surface area contributed by atoms with Gasteiger partial charge in [-0.2, -0.15) is 11.8 Å². The molecule has 1 aliphatic heterocycles. The highest BCUT2D eigenvalue weighted by Gasteiger charge is 2.29. The average molecular weight is 214 g/mol. The van der Waals surface area contributed by atoms with E-state index in [1.807, 2.05) is 0 Å². The van der Waals surface area contributed by atoms with E-state index in [1.54, 1.807) is 0 Å². The van der Waals surface area contributed by atoms with Crippen molar-refractivity contribution in [1.29, 1.82) is 0 Å². The second-order valence-corrected chi connectivity index (χ2v) is 5.91. The molecule has 0 spiro atoms. The molecule has 14 heavy (non-hydrogen) atoms. The van der Waals surface area contributed by atoms with Crippen molar-refractivity contribution < 1.29 is 0 Å². The molecule has 0 radical (unpaired) electrons. The maximum atomic E-state index is 3.43. The van der Waals surface area contributed by atoms with Crippen LogP contribution in [0.3, 0.4) is 0 Å². The van der Waals surface area contributed by atoms with E-state index in [0.29, 0.717) is 0 Å². The number of nitrogens with one attached hydrogen (secondary N) is 1. The van der Waals surface area contributed by atoms with Gasteiger partial charge in [0.05, 0.1) is 0 Å². The fourth-order valence-electron chi connectivity index (χ4n) is 2.68. The molecule has 0 aromatic carbocycles. The van der Waals surface area contributed by atoms with Crippen LogP contribution in [-0.4, -0.2) is 48.1 Å². The van der Waals surface area contributed by atoms with Crippen LogP contribution < -0.4 is 5.32 Å². The van der Waals surface area contributed by atoms with Gasteiger partial charge in [0.2, 0.25) is 0 Å². The molecule has 2 aliphatic rings. The summed E-state index contributed by atoms with van der Waals surface area (Å²) >= 11 is 2.16. The smallest absolute Gasteiger partial charge is 0.0110 e. The second-order valence-electron chi connectivity index (χ2n) is 4.33. The first-order valence-electron chi connectivity index (χ1n) is 5.96. The Morgan fingerprint density at radius 3 is 2.79 bits per heavy atom. The van der Waals surface area contributed by atoms with E-state index in [-0.39, 0.29) is 0 Å². The van der Waals surface area contributed by atoms with Crippen LogP contribution in [0.1, 0.15) is 26.2 Å². The fourth-order valence-corrected chi connectivity index (χ4v) is 3.82. The zero-order valence-electron chi connectivity index (χ0n) is 9.17. The molecular formula is C11H22N2S. The van der Waals surface area contributed by atoms with Gasteiger partial charge >= 0.3 is 0 Å². The van der Waals surface area contributed by atoms with E-state index in [2.05, 4.69) is 28.9 Å². The third-order valence-corrected chi connectivity index (χ3v) is 4.66. The van der Waals surface area contributed by atoms with Gasteiger partial charge in [0.1, 0.15) is 0 Å². The van der Waals surface area contributed by atoms with Crippen molar-refractivity contribution in [2.24, 2.45) is 0 Å². The third-order valence-electron chi connectivity index (χ3n) is 3.43. The summed E-state index contributed by atoms with van der Waals surface area (Å²) < 4.78 is 0. The van der Waals surface area contributed by atoms with Crippen LogP contribution in [0, 0.1) is 0 Å². The Balaban J connectivity index is 1.76. The van der Waals surface area contributed by atoms with Crippen molar-refractivity contribution in [3.05, 3.63) is 0 Å². The van der Waals surface area contributed by atoms with Crippen molar-refractivity contribution in [2.45, 2.75) is 37.5 Å². The molecule has 2 atom stereocenters. The van der Waals surface area contributed by atoms with E-state index < -0.39 is 0 Å². The Labute approximate surface area is 91.8 Å². The molecule has 1 heterocycles. The van der Waals surface area contributed by atoms with Gasteiger partial charge in [-0.05, 0) is 25.0 Å². The first-order valence-corrected chi connectivity index (χ1v) is 7.01. The largest absolute Gasteiger partial charge is 0.314 e. The van der Waals surface area contributed by atoms with Gasteiger partial charge in [0, 0.05) is 37.5 Å². The summed E-state index contributed by atoms with van der Waals surface area (Å²) in [6.07, 6.45) is 4.34. The molecule has 3 heteroatoms. The zero-order valence-corrected chi connectivity index (χ0v) is 9.98. The Hall–Kier alpha value is 0.270. The third kappa shape index (κ3) is 2.65. The number of hydrogen-bond acceptors (Lipinski definition) is 3. The van der Waals surface area contributed by atoms with Crippen molar-refractivity contribution in [2.75, 3.05) is 31.9 Å². The normalized spacial score (nSPS) is 34.9. The van der Waals surface area contributed by atoms with Gasteiger partial charge in [-0.3, -0.25) is 4.90 Å². The maximum Gasteiger partial charge on any atom is 0.0110 e. The number of thioether (sulfide) groups is 1. The molecule has 1 saturated heterocycles. The summed E-state index contributed by atoms with van der Waals surface area (Å²) in [6, 6.07) is 0.904. The minimum atomic E-state index is 0.904. The highest BCUT2D eigenvalue weighted by Crippen LogP contribution is 2.32. The molecular weight excluding hydrogens is 192 g/mol. The lowest BCUT2D eigenvalue weighted by atomic mass is 10.2. The lowest BCUT2D eigenvalue weighted by Crippen LogP contribution is -2.47. The standard InChI is InChI=1S/C11H22N2S/c1-2-14-11-4-3-10(9-11)13-7-5-12-6-8-13/h10-12H,2-9H2,1H3. The van der Waals surface area contributed by atoms with Crippen LogP contribution in [0.25, 0.3) is 0 Å². The van der Waals surface area contributed by atoms with E-state index in [4.69, 9.17) is 0 Å². The summed E-state index contributed by atoms with van der Waals surface area (Å²) in [7, 11) is 0. The van der Waals surface area contributed by atoms with E-state index in [1.165, 1.54) is 51.2 Å². The molecule has 2 fully saturated rings. The molecule has 0 bridgehead atoms. The summed E-state index contributed by atoms with van der Waals surface area (Å²) in [5.41, 5.74) is 0. The van der Waals surface area contributed by atoms with Gasteiger partial charge in [0.25, 0.3) is 0 Å². The minimum Gasteiger partial charge on any atom is -0.314 e. The zero-order chi connectivity index (χ0) is 9.80. The Morgan fingerprint density at radius 2 is 2.07 bits per heavy atom. The van der Waals surface area contributed by atoms with Gasteiger partial charge < -0.3 is 5.32 Å². The molecule has 0 aromatic rings. The molecule has 2 unspecified atom stereocenters. The van der Waals surface area contributed by atoms with Crippen molar-refractivity contribution in [1.82, 2.24) is 10.2 Å². The van der Waals surface area contributed by atoms with Gasteiger partial charge in [-0.15, -0.1) is 0 Å². The molecule has 0 amide bonds. The van der Waals surface area contributed by atoms with Gasteiger partial charge in [-0.25, -0.2) is 0 Å². The topological polar surface area (TPSA) is 15.3 Å². The molecule has 82 valence electrons. The highest BCUT2D eigenvalue weighted by atomic mass is 32.2. The van der Waals surface area contributed by atoms with E-state index in [9.17, 15) is 0 Å². The number of piperazine rings is 1. The summed E-state index contributed by atoms with van der Waals surface area (Å²) in [4.78, 5) is 2.70. The Bertz CT molecular complexity index is 169. The Morgan fingerprint density at radius 1 is 1.29 bits per heavy atom. The number of rotatable bonds is 3. The van der Waals surface area contributed by atoms with Crippen LogP contribution in [0.2, 0.25) is 0 Å². The number of hydrogen-bond donors (Lipinski definition) is 1. The van der Waals surface area contributed by atoms with E-state index >= 15 is 0 Å². The quantitative estimate of drug-likeness (QED) is 0.768. The number of nitrogens with zero attached hydrogens (tertiary/aromatic N) is 1. The summed E-state index contributed by atoms with van der Waals surface area (Å²) in [5, 5.41) is 4.39. The first kappa shape index (κ1) is 10.8. The average Bonchev–Trinajstić information content (AvgIpc) is 2.68. The van der Waals surface area contributed by atoms with Crippen LogP contribution in [0.15, 0.2) is 0 Å². The van der Waals surface area contributed by atoms with Crippen LogP contribution in [0.4, 0.5) is 0 Å². The lowest BCUT2D eigenvalue weighted by molar-refractivity contribution is 0.176. The lowest BCUT2D eigenvalue weighted by Gasteiger charge is -2.32. The summed E-state index contributed by atoms with van der Waals surface area (Å²) in [5.74, 6) is 1.29. The van der Waals surface area contributed by atoms with Crippen molar-refractivity contribution in [3.63, 3.8) is 0 Å². The molecule has 1 aliphatic carbocycles. The SMILES string of the molecule is CCSC1CCC(N2CCNCC2)C1. The molecule has 1 N–H and O–H groups in total. The highest BCUT2D eigenvalue weighted by molar-refractivity contribution is 7.99. The predicted molar refractivity (Wildman–Crippen MR) is 64.0 cm³/mol. The molecule has 2 rings (SSSR count). The van der Waals surface area contributed by atoms with Crippen LogP contribution in [-0.2, 0) is 0 Å². The first-order chi connectivity index (χ1) is 6.90. The van der Waals surface area contributed by atoms with E-state index in [0.717, 1.165) is 11.3 Å². The summed E-state index contributed by atoms with van der Waals surface area (Å²) in [6.45, 7) is 7.22. The Kier molecular flexibility index (Phi) is 4.14. The second kappa shape index (κ2) is 5.38. The van der Waals surface area contributed by atoms with Crippen LogP contribution in [0.5, 0.6) is 0 Å². The maximum absolute atomic E-state index is 3.43. The molecule has 0 aromatic heterocycles. The minimum absolute atomic E-state index is 0.904. The predicted octanol–water partition coefficient (Wildman–Crippen LogP) is 1.57. The monoisotopic (exact) mass is 214 g/mol. The van der Waals surface area contributed by atoms with Crippen LogP contribution >= 0.6 is 11.8 Å². The molecule has 2 nitrogen and oxygen atoms in total. The molecule has 1 saturated carbocycles. The van der Waals surface area contributed by atoms with Crippen molar-refractivity contribution >= 4 is 11.8 Å². The van der Waals surface area contributed by atoms with Crippen molar-refractivity contribution in [3.8, 4) is 0 Å². The van der Waals surface area contributed by atoms with Gasteiger partial charge in [-0.1, -0.05) is 6.92 Å². The van der Waals surface area contributed by atoms with Gasteiger partial charge in [0.15, 0.2) is 0 Å². The fraction of sp³-hybridized carbons (Fsp3) is 1.00.